The van der Waals surface area contributed by atoms with E-state index in [1.54, 1.807) is 0 Å². The van der Waals surface area contributed by atoms with E-state index in [9.17, 15) is 0 Å². The molecule has 0 saturated carbocycles. The van der Waals surface area contributed by atoms with Crippen molar-refractivity contribution in [2.24, 2.45) is 0 Å². The maximum absolute atomic E-state index is 3.88. The van der Waals surface area contributed by atoms with Crippen LogP contribution in [0, 0.1) is 0 Å². The fourth-order valence-corrected chi connectivity index (χ4v) is 5.37. The van der Waals surface area contributed by atoms with Crippen molar-refractivity contribution in [1.82, 2.24) is 5.32 Å². The van der Waals surface area contributed by atoms with Crippen LogP contribution in [0.4, 0.5) is 0 Å². The van der Waals surface area contributed by atoms with Crippen molar-refractivity contribution in [2.75, 3.05) is 30.8 Å². The summed E-state index contributed by atoms with van der Waals surface area (Å²) in [5.74, 6) is 2.48. The normalized spacial score (nSPS) is 13.4. The van der Waals surface area contributed by atoms with E-state index in [0.717, 1.165) is 13.1 Å². The monoisotopic (exact) mass is 347 g/mol. The van der Waals surface area contributed by atoms with Crippen LogP contribution < -0.4 is 10.6 Å². The molecular weight excluding hydrogens is 317 g/mol. The second kappa shape index (κ2) is 13.6. The van der Waals surface area contributed by atoms with Crippen molar-refractivity contribution in [2.45, 2.75) is 20.3 Å². The van der Waals surface area contributed by atoms with E-state index in [1.165, 1.54) is 34.7 Å². The molecular formula is C20H30NPS. The highest BCUT2D eigenvalue weighted by Crippen LogP contribution is 2.44. The molecule has 0 aliphatic carbocycles. The zero-order valence-corrected chi connectivity index (χ0v) is 16.2. The molecule has 0 bridgehead atoms. The lowest BCUT2D eigenvalue weighted by Crippen LogP contribution is -2.22. The SMILES string of the molecule is C=C/C=C(\C=C/C)P(CCNCCSCCC)c1ccccc1. The summed E-state index contributed by atoms with van der Waals surface area (Å²) in [5.41, 5.74) is 0. The molecule has 0 fully saturated rings. The Kier molecular flexibility index (Phi) is 12.0. The molecule has 1 unspecified atom stereocenters. The van der Waals surface area contributed by atoms with Gasteiger partial charge in [-0.15, -0.1) is 0 Å². The van der Waals surface area contributed by atoms with Gasteiger partial charge in [-0.2, -0.15) is 11.8 Å². The third-order valence-electron chi connectivity index (χ3n) is 3.29. The van der Waals surface area contributed by atoms with Gasteiger partial charge in [-0.1, -0.05) is 68.1 Å². The largest absolute Gasteiger partial charge is 0.316 e. The molecule has 1 rings (SSSR count). The number of thioether (sulfide) groups is 1. The number of rotatable bonds is 12. The standard InChI is InChI=1S/C20H30NPS/c1-4-10-19(11-5-2)22(20-12-8-7-9-13-20)16-14-21-15-18-23-17-6-3/h4-5,7-13,21H,1,6,14-18H2,2-3H3/b11-5-,19-10+. The Morgan fingerprint density at radius 3 is 2.65 bits per heavy atom. The van der Waals surface area contributed by atoms with Crippen molar-refractivity contribution in [1.29, 1.82) is 0 Å². The van der Waals surface area contributed by atoms with Crippen LogP contribution in [-0.2, 0) is 0 Å². The van der Waals surface area contributed by atoms with Gasteiger partial charge in [0.25, 0.3) is 0 Å². The third kappa shape index (κ3) is 8.55. The smallest absolute Gasteiger partial charge is 0.00581 e. The van der Waals surface area contributed by atoms with Gasteiger partial charge in [0.05, 0.1) is 0 Å². The van der Waals surface area contributed by atoms with Gasteiger partial charge >= 0.3 is 0 Å². The average Bonchev–Trinajstić information content (AvgIpc) is 2.58. The molecule has 0 aromatic heterocycles. The first-order chi connectivity index (χ1) is 11.3. The number of nitrogens with one attached hydrogen (secondary N) is 1. The summed E-state index contributed by atoms with van der Waals surface area (Å²) < 4.78 is 0. The number of hydrogen-bond acceptors (Lipinski definition) is 2. The first-order valence-electron chi connectivity index (χ1n) is 8.40. The summed E-state index contributed by atoms with van der Waals surface area (Å²) in [4.78, 5) is 0. The van der Waals surface area contributed by atoms with Gasteiger partial charge in [0.15, 0.2) is 0 Å². The van der Waals surface area contributed by atoms with Crippen LogP contribution in [0.2, 0.25) is 0 Å². The Morgan fingerprint density at radius 1 is 1.22 bits per heavy atom. The molecule has 0 aliphatic rings. The Morgan fingerprint density at radius 2 is 2.00 bits per heavy atom. The Hall–Kier alpha value is -0.820. The summed E-state index contributed by atoms with van der Waals surface area (Å²) in [7, 11) is -0.325. The molecule has 0 saturated heterocycles. The molecule has 1 N–H and O–H groups in total. The van der Waals surface area contributed by atoms with Crippen LogP contribution in [0.15, 0.2) is 66.5 Å². The second-order valence-electron chi connectivity index (χ2n) is 5.18. The highest BCUT2D eigenvalue weighted by Gasteiger charge is 2.13. The second-order valence-corrected chi connectivity index (χ2v) is 8.74. The van der Waals surface area contributed by atoms with Crippen LogP contribution in [0.5, 0.6) is 0 Å². The lowest BCUT2D eigenvalue weighted by molar-refractivity contribution is 0.772. The first-order valence-corrected chi connectivity index (χ1v) is 11.1. The maximum atomic E-state index is 3.88. The minimum atomic E-state index is -0.325. The van der Waals surface area contributed by atoms with Crippen molar-refractivity contribution in [3.05, 3.63) is 66.5 Å². The predicted octanol–water partition coefficient (Wildman–Crippen LogP) is 5.17. The molecule has 0 heterocycles. The van der Waals surface area contributed by atoms with E-state index in [2.05, 4.69) is 74.3 Å². The van der Waals surface area contributed by atoms with Crippen molar-refractivity contribution >= 4 is 25.0 Å². The summed E-state index contributed by atoms with van der Waals surface area (Å²) in [6.45, 7) is 10.4. The van der Waals surface area contributed by atoms with E-state index < -0.39 is 0 Å². The van der Waals surface area contributed by atoms with Crippen molar-refractivity contribution in [3.63, 3.8) is 0 Å². The highest BCUT2D eigenvalue weighted by atomic mass is 32.2. The molecule has 1 aromatic rings. The summed E-state index contributed by atoms with van der Waals surface area (Å²) >= 11 is 2.04. The van der Waals surface area contributed by atoms with Crippen LogP contribution in [0.25, 0.3) is 0 Å². The van der Waals surface area contributed by atoms with Crippen LogP contribution in [-0.4, -0.2) is 30.8 Å². The minimum absolute atomic E-state index is 0.325. The lowest BCUT2D eigenvalue weighted by Gasteiger charge is -2.20. The minimum Gasteiger partial charge on any atom is -0.316 e. The zero-order chi connectivity index (χ0) is 16.8. The molecule has 0 aliphatic heterocycles. The quantitative estimate of drug-likeness (QED) is 0.318. The van der Waals surface area contributed by atoms with Gasteiger partial charge in [-0.05, 0) is 50.3 Å². The van der Waals surface area contributed by atoms with Gasteiger partial charge in [0.2, 0.25) is 0 Å². The van der Waals surface area contributed by atoms with E-state index in [-0.39, 0.29) is 7.92 Å². The molecule has 0 amide bonds. The van der Waals surface area contributed by atoms with E-state index >= 15 is 0 Å². The molecule has 0 spiro atoms. The first kappa shape index (κ1) is 20.2. The molecule has 1 nitrogen and oxygen atoms in total. The average molecular weight is 348 g/mol. The predicted molar refractivity (Wildman–Crippen MR) is 111 cm³/mol. The summed E-state index contributed by atoms with van der Waals surface area (Å²) in [5, 5.41) is 6.44. The van der Waals surface area contributed by atoms with Gasteiger partial charge in [0.1, 0.15) is 0 Å². The number of hydrogen-bond donors (Lipinski definition) is 1. The van der Waals surface area contributed by atoms with Gasteiger partial charge in [0, 0.05) is 12.3 Å². The highest BCUT2D eigenvalue weighted by molar-refractivity contribution is 7.99. The Bertz CT molecular complexity index is 482. The topological polar surface area (TPSA) is 12.0 Å². The molecule has 126 valence electrons. The summed E-state index contributed by atoms with van der Waals surface area (Å²) in [6.07, 6.45) is 10.9. The van der Waals surface area contributed by atoms with Crippen LogP contribution in [0.1, 0.15) is 20.3 Å². The molecule has 1 aromatic carbocycles. The van der Waals surface area contributed by atoms with Gasteiger partial charge in [-0.25, -0.2) is 0 Å². The summed E-state index contributed by atoms with van der Waals surface area (Å²) in [6, 6.07) is 10.9. The third-order valence-corrected chi connectivity index (χ3v) is 6.99. The molecule has 23 heavy (non-hydrogen) atoms. The fourth-order valence-electron chi connectivity index (χ4n) is 2.25. The van der Waals surface area contributed by atoms with Crippen molar-refractivity contribution in [3.8, 4) is 0 Å². The Balaban J connectivity index is 2.62. The van der Waals surface area contributed by atoms with E-state index in [1.807, 2.05) is 17.8 Å². The Labute approximate surface area is 148 Å². The fraction of sp³-hybridized carbons (Fsp3) is 0.400. The maximum Gasteiger partial charge on any atom is 0.00581 e. The molecule has 0 radical (unpaired) electrons. The van der Waals surface area contributed by atoms with Crippen LogP contribution >= 0.6 is 19.7 Å². The number of allylic oxidation sites excluding steroid dienone is 5. The lowest BCUT2D eigenvalue weighted by atomic mass is 10.4. The van der Waals surface area contributed by atoms with Crippen molar-refractivity contribution < 1.29 is 0 Å². The number of benzene rings is 1. The molecule has 1 atom stereocenters. The van der Waals surface area contributed by atoms with Gasteiger partial charge in [-0.3, -0.25) is 0 Å². The zero-order valence-electron chi connectivity index (χ0n) is 14.5. The van der Waals surface area contributed by atoms with Gasteiger partial charge < -0.3 is 5.32 Å². The molecule has 3 heteroatoms. The van der Waals surface area contributed by atoms with Crippen LogP contribution in [0.3, 0.4) is 0 Å². The van der Waals surface area contributed by atoms with E-state index in [0.29, 0.717) is 0 Å². The van der Waals surface area contributed by atoms with E-state index in [4.69, 9.17) is 0 Å².